The van der Waals surface area contributed by atoms with Crippen molar-refractivity contribution in [3.05, 3.63) is 60.2 Å². The third kappa shape index (κ3) is 5.93. The zero-order valence-corrected chi connectivity index (χ0v) is 22.5. The number of hydrogen-bond acceptors (Lipinski definition) is 7. The number of aromatic nitrogens is 4. The molecule has 0 bridgehead atoms. The van der Waals surface area contributed by atoms with E-state index in [0.717, 1.165) is 13.1 Å². The summed E-state index contributed by atoms with van der Waals surface area (Å²) in [6, 6.07) is 5.24. The molecule has 2 aromatic heterocycles. The molecule has 4 rings (SSSR count). The van der Waals surface area contributed by atoms with Crippen LogP contribution in [-0.2, 0) is 21.7 Å². The van der Waals surface area contributed by atoms with Crippen molar-refractivity contribution < 1.29 is 36.2 Å². The van der Waals surface area contributed by atoms with Crippen molar-refractivity contribution >= 4 is 5.91 Å². The van der Waals surface area contributed by atoms with Gasteiger partial charge in [0.15, 0.2) is 23.3 Å². The summed E-state index contributed by atoms with van der Waals surface area (Å²) in [7, 11) is 2.55. The van der Waals surface area contributed by atoms with Crippen LogP contribution in [0.25, 0.3) is 22.7 Å². The van der Waals surface area contributed by atoms with Gasteiger partial charge in [-0.05, 0) is 43.5 Å². The number of amides is 1. The Labute approximate surface area is 228 Å². The fraction of sp³-hybridized carbons (Fsp3) is 0.407. The molecule has 1 amide bonds. The second kappa shape index (κ2) is 11.2. The van der Waals surface area contributed by atoms with Crippen molar-refractivity contribution in [2.45, 2.75) is 45.0 Å². The van der Waals surface area contributed by atoms with Crippen LogP contribution in [0.3, 0.4) is 0 Å². The van der Waals surface area contributed by atoms with Crippen molar-refractivity contribution in [3.63, 3.8) is 0 Å². The molecule has 0 aliphatic carbocycles. The van der Waals surface area contributed by atoms with Gasteiger partial charge in [-0.3, -0.25) is 4.79 Å². The molecular weight excluding hydrogens is 534 g/mol. The van der Waals surface area contributed by atoms with E-state index in [4.69, 9.17) is 13.9 Å². The standard InChI is InChI=1S/C27H29F4N5O4/c1-16(11-17(2)28)14-39-26(25(37)35(4)15-27(29,30)31)9-6-10-36-23(33-34-24(26)36)19-7-8-20(21(12-19)38-5)22-13-32-18(3)40-22/h7-8,11-13H,1,6,9-10,14-15H2,2-5H3. The highest BCUT2D eigenvalue weighted by Crippen LogP contribution is 2.40. The summed E-state index contributed by atoms with van der Waals surface area (Å²) in [4.78, 5) is 18.3. The maximum Gasteiger partial charge on any atom is 0.406 e. The Morgan fingerprint density at radius 3 is 2.70 bits per heavy atom. The van der Waals surface area contributed by atoms with Crippen LogP contribution in [0.1, 0.15) is 31.5 Å². The van der Waals surface area contributed by atoms with Crippen LogP contribution in [0.5, 0.6) is 5.75 Å². The Bertz CT molecular complexity index is 1440. The normalized spacial score (nSPS) is 17.4. The van der Waals surface area contributed by atoms with Crippen molar-refractivity contribution in [1.29, 1.82) is 0 Å². The van der Waals surface area contributed by atoms with Crippen molar-refractivity contribution in [1.82, 2.24) is 24.6 Å². The zero-order chi connectivity index (χ0) is 29.2. The molecule has 1 aliphatic rings. The van der Waals surface area contributed by atoms with Crippen LogP contribution in [0.4, 0.5) is 17.6 Å². The summed E-state index contributed by atoms with van der Waals surface area (Å²) in [5.74, 6) is 0.412. The monoisotopic (exact) mass is 563 g/mol. The summed E-state index contributed by atoms with van der Waals surface area (Å²) in [6.07, 6.45) is -1.50. The molecule has 0 radical (unpaired) electrons. The van der Waals surface area contributed by atoms with E-state index in [9.17, 15) is 22.4 Å². The molecule has 214 valence electrons. The van der Waals surface area contributed by atoms with E-state index >= 15 is 0 Å². The number of ether oxygens (including phenoxy) is 2. The van der Waals surface area contributed by atoms with E-state index < -0.39 is 30.1 Å². The summed E-state index contributed by atoms with van der Waals surface area (Å²) >= 11 is 0. The number of allylic oxidation sites excluding steroid dienone is 1. The molecular formula is C27H29F4N5O4. The summed E-state index contributed by atoms with van der Waals surface area (Å²) < 4.78 is 71.9. The van der Waals surface area contributed by atoms with Gasteiger partial charge in [0.2, 0.25) is 5.60 Å². The molecule has 0 saturated carbocycles. The van der Waals surface area contributed by atoms with Crippen LogP contribution in [-0.4, -0.2) is 64.0 Å². The zero-order valence-electron chi connectivity index (χ0n) is 22.5. The molecule has 1 aromatic carbocycles. The number of methoxy groups -OCH3 is 1. The average molecular weight is 564 g/mol. The minimum Gasteiger partial charge on any atom is -0.496 e. The molecule has 9 nitrogen and oxygen atoms in total. The van der Waals surface area contributed by atoms with Gasteiger partial charge in [-0.2, -0.15) is 13.2 Å². The van der Waals surface area contributed by atoms with Crippen LogP contribution >= 0.6 is 0 Å². The Morgan fingerprint density at radius 2 is 2.08 bits per heavy atom. The number of hydrogen-bond donors (Lipinski definition) is 0. The predicted molar refractivity (Wildman–Crippen MR) is 137 cm³/mol. The molecule has 1 aliphatic heterocycles. The van der Waals surface area contributed by atoms with Gasteiger partial charge in [0.1, 0.15) is 12.3 Å². The predicted octanol–water partition coefficient (Wildman–Crippen LogP) is 5.37. The minimum atomic E-state index is -4.63. The number of carbonyl (C=O) groups is 1. The topological polar surface area (TPSA) is 95.5 Å². The molecule has 0 saturated heterocycles. The molecule has 0 spiro atoms. The second-order valence-electron chi connectivity index (χ2n) is 9.54. The van der Waals surface area contributed by atoms with Crippen LogP contribution in [0.2, 0.25) is 0 Å². The van der Waals surface area contributed by atoms with E-state index in [1.54, 1.807) is 35.9 Å². The van der Waals surface area contributed by atoms with Gasteiger partial charge in [-0.1, -0.05) is 12.6 Å². The number of halogens is 4. The summed E-state index contributed by atoms with van der Waals surface area (Å²) in [5.41, 5.74) is -0.457. The van der Waals surface area contributed by atoms with Crippen molar-refractivity contribution in [2.75, 3.05) is 27.3 Å². The van der Waals surface area contributed by atoms with Crippen LogP contribution in [0, 0.1) is 6.92 Å². The van der Waals surface area contributed by atoms with E-state index in [2.05, 4.69) is 21.8 Å². The number of carbonyl (C=O) groups excluding carboxylic acids is 1. The largest absolute Gasteiger partial charge is 0.496 e. The summed E-state index contributed by atoms with van der Waals surface area (Å²) in [5, 5.41) is 8.53. The first-order chi connectivity index (χ1) is 18.8. The highest BCUT2D eigenvalue weighted by atomic mass is 19.4. The Morgan fingerprint density at radius 1 is 1.32 bits per heavy atom. The third-order valence-corrected chi connectivity index (χ3v) is 6.38. The van der Waals surface area contributed by atoms with Gasteiger partial charge in [-0.25, -0.2) is 9.37 Å². The van der Waals surface area contributed by atoms with Gasteiger partial charge in [0.05, 0.1) is 31.3 Å². The Kier molecular flexibility index (Phi) is 8.15. The molecule has 0 fully saturated rings. The fourth-order valence-corrected chi connectivity index (χ4v) is 4.73. The van der Waals surface area contributed by atoms with Crippen LogP contribution in [0.15, 0.2) is 52.9 Å². The molecule has 1 unspecified atom stereocenters. The maximum absolute atomic E-state index is 13.6. The lowest BCUT2D eigenvalue weighted by atomic mass is 9.90. The Hall–Kier alpha value is -4.00. The molecule has 3 heterocycles. The quantitative estimate of drug-likeness (QED) is 0.255. The van der Waals surface area contributed by atoms with Crippen LogP contribution < -0.4 is 4.74 Å². The lowest BCUT2D eigenvalue weighted by Crippen LogP contribution is -2.52. The first-order valence-corrected chi connectivity index (χ1v) is 12.4. The lowest BCUT2D eigenvalue weighted by molar-refractivity contribution is -0.179. The number of rotatable bonds is 9. The SMILES string of the molecule is C=C(C=C(C)F)COC1(C(=O)N(C)CC(F)(F)F)CCCn2c(-c3ccc(-c4cnc(C)o4)c(OC)c3)nnc21. The minimum absolute atomic E-state index is 0.0465. The van der Waals surface area contributed by atoms with E-state index in [1.165, 1.54) is 14.0 Å². The molecule has 1 atom stereocenters. The average Bonchev–Trinajstić information content (AvgIpc) is 3.52. The molecule has 3 aromatic rings. The first kappa shape index (κ1) is 29.0. The Balaban J connectivity index is 1.77. The van der Waals surface area contributed by atoms with E-state index in [-0.39, 0.29) is 24.4 Å². The van der Waals surface area contributed by atoms with Gasteiger partial charge in [0.25, 0.3) is 5.91 Å². The number of nitrogens with zero attached hydrogens (tertiary/aromatic N) is 5. The van der Waals surface area contributed by atoms with Gasteiger partial charge < -0.3 is 23.4 Å². The highest BCUT2D eigenvalue weighted by molar-refractivity contribution is 5.86. The number of oxazole rings is 1. The highest BCUT2D eigenvalue weighted by Gasteiger charge is 2.51. The van der Waals surface area contributed by atoms with Gasteiger partial charge in [-0.15, -0.1) is 10.2 Å². The van der Waals surface area contributed by atoms with Gasteiger partial charge >= 0.3 is 6.18 Å². The number of fused-ring (bicyclic) bond motifs is 1. The molecule has 40 heavy (non-hydrogen) atoms. The lowest BCUT2D eigenvalue weighted by Gasteiger charge is -2.38. The number of aryl methyl sites for hydroxylation is 1. The number of alkyl halides is 3. The number of benzene rings is 1. The summed E-state index contributed by atoms with van der Waals surface area (Å²) in [6.45, 7) is 5.25. The first-order valence-electron chi connectivity index (χ1n) is 12.4. The maximum atomic E-state index is 13.6. The van der Waals surface area contributed by atoms with Crippen molar-refractivity contribution in [2.24, 2.45) is 0 Å². The van der Waals surface area contributed by atoms with E-state index in [1.807, 2.05) is 0 Å². The smallest absolute Gasteiger partial charge is 0.406 e. The van der Waals surface area contributed by atoms with E-state index in [0.29, 0.717) is 52.2 Å². The second-order valence-corrected chi connectivity index (χ2v) is 9.54. The van der Waals surface area contributed by atoms with Gasteiger partial charge in [0, 0.05) is 26.1 Å². The number of likely N-dealkylation sites (N-methyl/N-ethyl adjacent to an activating group) is 1. The third-order valence-electron chi connectivity index (χ3n) is 6.38. The van der Waals surface area contributed by atoms with Crippen molar-refractivity contribution in [3.8, 4) is 28.5 Å². The molecule has 13 heteroatoms. The fourth-order valence-electron chi connectivity index (χ4n) is 4.73. The molecule has 0 N–H and O–H groups in total.